The Labute approximate surface area is 200 Å². The molecule has 0 unspecified atom stereocenters. The Balaban J connectivity index is 1.48. The maximum absolute atomic E-state index is 12.9. The first kappa shape index (κ1) is 23.2. The largest absolute Gasteiger partial charge is 0.378 e. The molecule has 11 heteroatoms. The lowest BCUT2D eigenvalue weighted by atomic mass is 10.1. The monoisotopic (exact) mass is 488 g/mol. The zero-order chi connectivity index (χ0) is 23.5. The van der Waals surface area contributed by atoms with Crippen molar-refractivity contribution in [1.82, 2.24) is 25.6 Å². The molecule has 2 aromatic heterocycles. The van der Waals surface area contributed by atoms with Crippen molar-refractivity contribution in [2.45, 2.75) is 26.7 Å². The standard InChI is InChI=1S/C22H25ClN6O3S/c1-13(2)18-17(12-24-29(18)16-6-4-5-15(23)11-16)20(30)26-27-21(31)19-14(3)25-22(33-19)28-7-9-32-10-8-28/h4-6,11-13H,7-10H2,1-3H3,(H,26,30)(H,27,31). The van der Waals surface area contributed by atoms with E-state index in [0.717, 1.165) is 23.9 Å². The number of thiazole rings is 1. The van der Waals surface area contributed by atoms with Crippen LogP contribution < -0.4 is 15.8 Å². The van der Waals surface area contributed by atoms with Crippen LogP contribution in [0.25, 0.3) is 5.69 Å². The van der Waals surface area contributed by atoms with Gasteiger partial charge in [0.05, 0.1) is 42.0 Å². The lowest BCUT2D eigenvalue weighted by molar-refractivity contribution is 0.0847. The number of ether oxygens (including phenoxy) is 1. The quantitative estimate of drug-likeness (QED) is 0.534. The normalized spacial score (nSPS) is 13.9. The van der Waals surface area contributed by atoms with Gasteiger partial charge in [0.1, 0.15) is 4.88 Å². The summed E-state index contributed by atoms with van der Waals surface area (Å²) in [4.78, 5) is 32.7. The summed E-state index contributed by atoms with van der Waals surface area (Å²) in [6, 6.07) is 7.25. The number of carbonyl (C=O) groups excluding carboxylic acids is 2. The van der Waals surface area contributed by atoms with Crippen LogP contribution in [0.3, 0.4) is 0 Å². The highest BCUT2D eigenvalue weighted by Crippen LogP contribution is 2.27. The van der Waals surface area contributed by atoms with Gasteiger partial charge < -0.3 is 9.64 Å². The molecule has 0 spiro atoms. The van der Waals surface area contributed by atoms with Gasteiger partial charge >= 0.3 is 0 Å². The molecule has 0 saturated carbocycles. The molecule has 4 rings (SSSR count). The first-order valence-electron chi connectivity index (χ1n) is 10.6. The van der Waals surface area contributed by atoms with Gasteiger partial charge in [0, 0.05) is 18.1 Å². The fourth-order valence-electron chi connectivity index (χ4n) is 3.62. The second-order valence-electron chi connectivity index (χ2n) is 7.91. The van der Waals surface area contributed by atoms with E-state index in [0.29, 0.717) is 40.1 Å². The molecule has 1 aromatic carbocycles. The first-order chi connectivity index (χ1) is 15.8. The number of nitrogens with one attached hydrogen (secondary N) is 2. The molecule has 0 radical (unpaired) electrons. The number of carbonyl (C=O) groups is 2. The highest BCUT2D eigenvalue weighted by molar-refractivity contribution is 7.17. The first-order valence-corrected chi connectivity index (χ1v) is 11.8. The highest BCUT2D eigenvalue weighted by Gasteiger charge is 2.23. The number of rotatable bonds is 5. The molecule has 0 aliphatic carbocycles. The summed E-state index contributed by atoms with van der Waals surface area (Å²) in [7, 11) is 0. The topological polar surface area (TPSA) is 101 Å². The van der Waals surface area contributed by atoms with Crippen LogP contribution in [-0.2, 0) is 4.74 Å². The third kappa shape index (κ3) is 5.02. The van der Waals surface area contributed by atoms with Gasteiger partial charge in [0.15, 0.2) is 5.13 Å². The number of hydrazine groups is 1. The number of aromatic nitrogens is 3. The number of hydrogen-bond donors (Lipinski definition) is 2. The maximum Gasteiger partial charge on any atom is 0.281 e. The van der Waals surface area contributed by atoms with Crippen LogP contribution >= 0.6 is 22.9 Å². The van der Waals surface area contributed by atoms with Crippen molar-refractivity contribution >= 4 is 39.9 Å². The SMILES string of the molecule is Cc1nc(N2CCOCC2)sc1C(=O)NNC(=O)c1cnn(-c2cccc(Cl)c2)c1C(C)C. The Morgan fingerprint density at radius 2 is 1.91 bits per heavy atom. The van der Waals surface area contributed by atoms with Gasteiger partial charge in [-0.2, -0.15) is 5.10 Å². The van der Waals surface area contributed by atoms with E-state index in [2.05, 4.69) is 25.8 Å². The van der Waals surface area contributed by atoms with Crippen LogP contribution in [0, 0.1) is 6.92 Å². The number of morpholine rings is 1. The van der Waals surface area contributed by atoms with E-state index in [9.17, 15) is 9.59 Å². The molecule has 3 heterocycles. The molecule has 1 aliphatic heterocycles. The van der Waals surface area contributed by atoms with Crippen molar-refractivity contribution in [2.75, 3.05) is 31.2 Å². The maximum atomic E-state index is 12.9. The lowest BCUT2D eigenvalue weighted by Crippen LogP contribution is -2.41. The fourth-order valence-corrected chi connectivity index (χ4v) is 4.82. The van der Waals surface area contributed by atoms with Crippen LogP contribution in [0.4, 0.5) is 5.13 Å². The Morgan fingerprint density at radius 1 is 1.18 bits per heavy atom. The van der Waals surface area contributed by atoms with Crippen molar-refractivity contribution in [1.29, 1.82) is 0 Å². The van der Waals surface area contributed by atoms with E-state index >= 15 is 0 Å². The number of nitrogens with zero attached hydrogens (tertiary/aromatic N) is 4. The third-order valence-electron chi connectivity index (χ3n) is 5.21. The predicted octanol–water partition coefficient (Wildman–Crippen LogP) is 3.33. The highest BCUT2D eigenvalue weighted by atomic mass is 35.5. The number of halogens is 1. The average molecular weight is 489 g/mol. The van der Waals surface area contributed by atoms with Gasteiger partial charge in [-0.25, -0.2) is 9.67 Å². The summed E-state index contributed by atoms with van der Waals surface area (Å²) in [5.74, 6) is -0.857. The summed E-state index contributed by atoms with van der Waals surface area (Å²) in [5.41, 5.74) is 7.48. The summed E-state index contributed by atoms with van der Waals surface area (Å²) >= 11 is 7.42. The molecule has 1 saturated heterocycles. The number of aryl methyl sites for hydroxylation is 1. The Hall–Kier alpha value is -2.95. The number of benzene rings is 1. The zero-order valence-corrected chi connectivity index (χ0v) is 20.2. The molecule has 9 nitrogen and oxygen atoms in total. The molecule has 0 bridgehead atoms. The van der Waals surface area contributed by atoms with E-state index < -0.39 is 11.8 Å². The van der Waals surface area contributed by atoms with E-state index in [-0.39, 0.29) is 5.92 Å². The summed E-state index contributed by atoms with van der Waals surface area (Å²) in [5, 5.41) is 5.74. The molecule has 33 heavy (non-hydrogen) atoms. The van der Waals surface area contributed by atoms with Crippen LogP contribution in [0.5, 0.6) is 0 Å². The minimum Gasteiger partial charge on any atom is -0.378 e. The fraction of sp³-hybridized carbons (Fsp3) is 0.364. The number of anilines is 1. The molecule has 0 atom stereocenters. The minimum atomic E-state index is -0.448. The molecule has 2 amide bonds. The molecule has 2 N–H and O–H groups in total. The molecule has 1 fully saturated rings. The average Bonchev–Trinajstić information content (AvgIpc) is 3.42. The van der Waals surface area contributed by atoms with Crippen LogP contribution in [0.2, 0.25) is 5.02 Å². The predicted molar refractivity (Wildman–Crippen MR) is 127 cm³/mol. The Morgan fingerprint density at radius 3 is 2.61 bits per heavy atom. The van der Waals surface area contributed by atoms with E-state index in [1.54, 1.807) is 23.7 Å². The minimum absolute atomic E-state index is 0.00255. The third-order valence-corrected chi connectivity index (χ3v) is 6.67. The van der Waals surface area contributed by atoms with E-state index in [1.165, 1.54) is 17.5 Å². The smallest absolute Gasteiger partial charge is 0.281 e. The van der Waals surface area contributed by atoms with E-state index in [1.807, 2.05) is 26.0 Å². The van der Waals surface area contributed by atoms with Gasteiger partial charge in [0.2, 0.25) is 0 Å². The molecule has 174 valence electrons. The van der Waals surface area contributed by atoms with E-state index in [4.69, 9.17) is 16.3 Å². The molecule has 1 aliphatic rings. The van der Waals surface area contributed by atoms with Gasteiger partial charge in [-0.15, -0.1) is 0 Å². The number of amides is 2. The zero-order valence-electron chi connectivity index (χ0n) is 18.6. The van der Waals surface area contributed by atoms with Crippen molar-refractivity contribution in [3.63, 3.8) is 0 Å². The van der Waals surface area contributed by atoms with Crippen LogP contribution in [-0.4, -0.2) is 52.9 Å². The van der Waals surface area contributed by atoms with Gasteiger partial charge in [0.25, 0.3) is 11.8 Å². The van der Waals surface area contributed by atoms with Crippen LogP contribution in [0.1, 0.15) is 51.2 Å². The summed E-state index contributed by atoms with van der Waals surface area (Å²) in [6.07, 6.45) is 1.49. The van der Waals surface area contributed by atoms with Gasteiger partial charge in [-0.3, -0.25) is 20.4 Å². The van der Waals surface area contributed by atoms with Gasteiger partial charge in [-0.05, 0) is 31.0 Å². The Bertz CT molecular complexity index is 1170. The van der Waals surface area contributed by atoms with Crippen molar-refractivity contribution in [2.24, 2.45) is 0 Å². The van der Waals surface area contributed by atoms with Crippen LogP contribution in [0.15, 0.2) is 30.5 Å². The summed E-state index contributed by atoms with van der Waals surface area (Å²) in [6.45, 7) is 8.47. The number of hydrogen-bond acceptors (Lipinski definition) is 7. The second-order valence-corrected chi connectivity index (χ2v) is 9.32. The molecular formula is C22H25ClN6O3S. The van der Waals surface area contributed by atoms with Crippen molar-refractivity contribution in [3.05, 3.63) is 57.3 Å². The van der Waals surface area contributed by atoms with Crippen molar-refractivity contribution < 1.29 is 14.3 Å². The lowest BCUT2D eigenvalue weighted by Gasteiger charge is -2.25. The van der Waals surface area contributed by atoms with Crippen molar-refractivity contribution in [3.8, 4) is 5.69 Å². The molecular weight excluding hydrogens is 464 g/mol. The summed E-state index contributed by atoms with van der Waals surface area (Å²) < 4.78 is 7.06. The Kier molecular flexibility index (Phi) is 6.96. The molecule has 3 aromatic rings. The van der Waals surface area contributed by atoms with Gasteiger partial charge in [-0.1, -0.05) is 42.9 Å². The second kappa shape index (κ2) is 9.90.